The molecule has 4 aliphatic rings. The number of pyridine rings is 1. The molecular weight excluding hydrogens is 1800 g/mol. The number of nitrogens with zero attached hydrogens (tertiary/aromatic N) is 23. The zero-order chi connectivity index (χ0) is 98.0. The van der Waals surface area contributed by atoms with Gasteiger partial charge in [0, 0.05) is 186 Å². The lowest BCUT2D eigenvalue weighted by molar-refractivity contribution is -0.132. The summed E-state index contributed by atoms with van der Waals surface area (Å²) in [5, 5.41) is 0. The molecule has 16 aromatic rings. The van der Waals surface area contributed by atoms with Gasteiger partial charge < -0.3 is 66.9 Å². The zero-order valence-corrected chi connectivity index (χ0v) is 78.8. The monoisotopic (exact) mass is 1900 g/mol. The van der Waals surface area contributed by atoms with Crippen LogP contribution in [-0.2, 0) is 45.4 Å². The van der Waals surface area contributed by atoms with Crippen molar-refractivity contribution in [3.63, 3.8) is 0 Å². The number of rotatable bonds is 22. The summed E-state index contributed by atoms with van der Waals surface area (Å²) in [6.07, 6.45) is 16.3. The van der Waals surface area contributed by atoms with Gasteiger partial charge in [-0.25, -0.2) is 76.8 Å². The maximum absolute atomic E-state index is 13.8. The zero-order valence-electron chi connectivity index (χ0n) is 78.8. The SMILES string of the molecule is COc1cc(N2CCN(C(=O)Cn3cc(-c4ccc(F)c(C)c4)nc3-c3ccccc3)CC2)ncn1.COc1cnc(N2CCN(C(=O)Cn3cc(-c4ccc(F)c(C)c4)nc3-c3ccccc3)CC2)nc1.Cc1cc(-c2cn(CC(=O)N3CCN(c4ccccn4)CC3)c(-c3ccccc3)n2)ccc1F.Cc1cc(-c2cn(CC(=O)N3CCN(c4ncc(F)cn4)CC3)c(-c3ccccc3)n2)ccc1F. The molecule has 0 bridgehead atoms. The Bertz CT molecular complexity index is 6990. The summed E-state index contributed by atoms with van der Waals surface area (Å²) in [6.45, 7) is 17.5. The fourth-order valence-electron chi connectivity index (χ4n) is 17.1. The van der Waals surface area contributed by atoms with Gasteiger partial charge in [0.1, 0.15) is 90.7 Å². The lowest BCUT2D eigenvalue weighted by Crippen LogP contribution is -2.50. The number of carbonyl (C=O) groups is 4. The Morgan fingerprint density at radius 2 is 0.582 bits per heavy atom. The van der Waals surface area contributed by atoms with Gasteiger partial charge in [-0.2, -0.15) is 0 Å². The van der Waals surface area contributed by atoms with Crippen molar-refractivity contribution < 1.29 is 50.6 Å². The first-order valence-corrected chi connectivity index (χ1v) is 46.4. The van der Waals surface area contributed by atoms with E-state index >= 15 is 0 Å². The summed E-state index contributed by atoms with van der Waals surface area (Å²) < 4.78 is 86.2. The Morgan fingerprint density at radius 3 is 0.865 bits per heavy atom. The van der Waals surface area contributed by atoms with Crippen LogP contribution in [0.25, 0.3) is 90.6 Å². The number of halogens is 5. The van der Waals surface area contributed by atoms with E-state index in [1.54, 1.807) is 120 Å². The first-order valence-electron chi connectivity index (χ1n) is 46.4. The van der Waals surface area contributed by atoms with Crippen LogP contribution in [0.5, 0.6) is 11.6 Å². The molecule has 4 saturated heterocycles. The van der Waals surface area contributed by atoms with Crippen LogP contribution in [0.1, 0.15) is 22.3 Å². The molecule has 34 heteroatoms. The summed E-state index contributed by atoms with van der Waals surface area (Å²) >= 11 is 0. The Morgan fingerprint density at radius 1 is 0.291 bits per heavy atom. The Hall–Kier alpha value is -16.7. The van der Waals surface area contributed by atoms with Crippen LogP contribution in [0.2, 0.25) is 0 Å². The van der Waals surface area contributed by atoms with Crippen molar-refractivity contribution in [2.75, 3.05) is 139 Å². The highest BCUT2D eigenvalue weighted by atomic mass is 19.1. The van der Waals surface area contributed by atoms with Gasteiger partial charge >= 0.3 is 0 Å². The van der Waals surface area contributed by atoms with Gasteiger partial charge in [0.05, 0.1) is 61.8 Å². The average molecular weight is 1900 g/mol. The van der Waals surface area contributed by atoms with Crippen molar-refractivity contribution >= 4 is 47.2 Å². The molecule has 4 fully saturated rings. The van der Waals surface area contributed by atoms with E-state index in [2.05, 4.69) is 49.6 Å². The van der Waals surface area contributed by atoms with Crippen molar-refractivity contribution in [1.29, 1.82) is 0 Å². The molecular formula is C107H104F5N23O6. The number of carbonyl (C=O) groups excluding carboxylic acids is 4. The molecule has 141 heavy (non-hydrogen) atoms. The fraction of sp³-hybridized carbons (Fsp3) is 0.243. The third-order valence-electron chi connectivity index (χ3n) is 25.0. The minimum Gasteiger partial charge on any atom is -0.494 e. The van der Waals surface area contributed by atoms with Gasteiger partial charge in [-0.1, -0.05) is 127 Å². The molecule has 0 atom stereocenters. The number of aryl methyl sites for hydroxylation is 4. The molecule has 4 amide bonds. The minimum atomic E-state index is -0.479. The number of benzene rings is 8. The molecule has 0 radical (unpaired) electrons. The molecule has 8 aromatic heterocycles. The van der Waals surface area contributed by atoms with E-state index in [1.807, 2.05) is 202 Å². The molecule has 0 unspecified atom stereocenters. The van der Waals surface area contributed by atoms with E-state index in [1.165, 1.54) is 30.6 Å². The summed E-state index contributed by atoms with van der Waals surface area (Å²) in [5.74, 6) is 5.29. The number of imidazole rings is 4. The minimum absolute atomic E-state index is 0.0155. The summed E-state index contributed by atoms with van der Waals surface area (Å²) in [5.41, 5.74) is 11.9. The smallest absolute Gasteiger partial charge is 0.242 e. The lowest BCUT2D eigenvalue weighted by Gasteiger charge is -2.35. The van der Waals surface area contributed by atoms with Gasteiger partial charge in [-0.05, 0) is 135 Å². The normalized spacial score (nSPS) is 13.7. The highest BCUT2D eigenvalue weighted by molar-refractivity contribution is 5.81. The highest BCUT2D eigenvalue weighted by Gasteiger charge is 2.31. The largest absolute Gasteiger partial charge is 0.494 e. The standard InChI is InChI=1S/2C27H27FN6O2.C27H26FN5O.C26H24F2N6O/c1-19-14-21(8-9-23(19)28)24-17-34(26(31-24)20-6-4-3-5-7-20)18-25(35)32-10-12-33(13-11-32)27-29-15-22(36-2)16-30-27;1-19-14-21(8-9-22(19)28)23-16-34(27(31-23)20-6-4-3-5-7-20)17-26(35)33-12-10-32(11-13-33)24-15-25(36-2)30-18-29-24;1-20-17-22(10-11-23(20)28)24-18-33(27(30-24)21-7-3-2-4-8-21)19-26(34)32-15-13-31(14-16-32)25-9-5-6-12-29-25;1-18-13-20(7-8-22(18)28)23-16-34(25(31-23)19-5-3-2-4-6-19)17-24(35)32-9-11-33(12-10-32)26-29-14-21(27)15-30-26/h3-9,14-17H,10-13,18H2,1-2H3;3-9,14-16,18H,10-13,17H2,1-2H3;2-12,17-18H,13-16,19H2,1H3;2-8,13-16H,9-12,17H2,1H3. The first kappa shape index (κ1) is 96.0. The van der Waals surface area contributed by atoms with E-state index in [9.17, 15) is 41.1 Å². The molecule has 4 aliphatic heterocycles. The predicted molar refractivity (Wildman–Crippen MR) is 530 cm³/mol. The second-order valence-corrected chi connectivity index (χ2v) is 34.3. The number of ether oxygens (including phenoxy) is 2. The maximum atomic E-state index is 13.8. The molecule has 8 aromatic carbocycles. The first-order chi connectivity index (χ1) is 68.6. The van der Waals surface area contributed by atoms with E-state index in [0.29, 0.717) is 172 Å². The maximum Gasteiger partial charge on any atom is 0.242 e. The van der Waals surface area contributed by atoms with E-state index in [4.69, 9.17) is 29.4 Å². The number of aromatic nitrogens is 15. The molecule has 0 spiro atoms. The van der Waals surface area contributed by atoms with Gasteiger partial charge in [-0.15, -0.1) is 0 Å². The van der Waals surface area contributed by atoms with E-state index in [-0.39, 0.29) is 73.1 Å². The van der Waals surface area contributed by atoms with E-state index < -0.39 is 5.82 Å². The van der Waals surface area contributed by atoms with Crippen molar-refractivity contribution in [1.82, 2.24) is 92.7 Å². The van der Waals surface area contributed by atoms with Crippen LogP contribution in [0.15, 0.2) is 280 Å². The molecule has 0 N–H and O–H groups in total. The van der Waals surface area contributed by atoms with Crippen molar-refractivity contribution in [2.24, 2.45) is 0 Å². The Kier molecular flexibility index (Phi) is 30.4. The predicted octanol–water partition coefficient (Wildman–Crippen LogP) is 16.0. The van der Waals surface area contributed by atoms with Crippen LogP contribution in [0.4, 0.5) is 45.5 Å². The topological polar surface area (TPSA) is 274 Å². The second kappa shape index (κ2) is 44.6. The third-order valence-corrected chi connectivity index (χ3v) is 25.0. The number of hydrogen-bond donors (Lipinski definition) is 0. The third kappa shape index (κ3) is 23.6. The second-order valence-electron chi connectivity index (χ2n) is 34.3. The summed E-state index contributed by atoms with van der Waals surface area (Å²) in [7, 11) is 3.15. The van der Waals surface area contributed by atoms with Crippen LogP contribution in [-0.4, -0.2) is 235 Å². The van der Waals surface area contributed by atoms with Crippen LogP contribution in [0, 0.1) is 56.8 Å². The highest BCUT2D eigenvalue weighted by Crippen LogP contribution is 2.34. The fourth-order valence-corrected chi connectivity index (χ4v) is 17.1. The molecule has 0 aliphatic carbocycles. The molecule has 0 saturated carbocycles. The molecule has 29 nitrogen and oxygen atoms in total. The quantitative estimate of drug-likeness (QED) is 0.0570. The summed E-state index contributed by atoms with van der Waals surface area (Å²) in [6, 6.07) is 66.4. The van der Waals surface area contributed by atoms with Crippen LogP contribution in [0.3, 0.4) is 0 Å². The van der Waals surface area contributed by atoms with E-state index in [0.717, 1.165) is 93.1 Å². The number of piperazine rings is 4. The number of amides is 4. The van der Waals surface area contributed by atoms with Gasteiger partial charge in [0.25, 0.3) is 0 Å². The molecule has 718 valence electrons. The molecule has 12 heterocycles. The van der Waals surface area contributed by atoms with Gasteiger partial charge in [0.15, 0.2) is 11.6 Å². The summed E-state index contributed by atoms with van der Waals surface area (Å²) in [4.78, 5) is 118. The Labute approximate surface area is 812 Å². The van der Waals surface area contributed by atoms with Crippen LogP contribution < -0.4 is 29.1 Å². The lowest BCUT2D eigenvalue weighted by atomic mass is 10.1. The molecule has 20 rings (SSSR count). The number of anilines is 4. The number of hydrogen-bond acceptors (Lipinski definition) is 21. The number of methoxy groups -OCH3 is 2. The van der Waals surface area contributed by atoms with Gasteiger partial charge in [0.2, 0.25) is 41.4 Å². The Balaban J connectivity index is 0.000000130. The van der Waals surface area contributed by atoms with Crippen molar-refractivity contribution in [2.45, 2.75) is 53.9 Å². The van der Waals surface area contributed by atoms with Crippen LogP contribution >= 0.6 is 0 Å². The average Bonchev–Trinajstić information content (AvgIpc) is 1.67. The van der Waals surface area contributed by atoms with Crippen molar-refractivity contribution in [3.8, 4) is 102 Å². The van der Waals surface area contributed by atoms with Gasteiger partial charge in [-0.3, -0.25) is 19.2 Å². The van der Waals surface area contributed by atoms with Crippen molar-refractivity contribution in [3.05, 3.63) is 332 Å².